The van der Waals surface area contributed by atoms with E-state index in [9.17, 15) is 18.7 Å². The first kappa shape index (κ1) is 29.3. The van der Waals surface area contributed by atoms with Crippen LogP contribution in [0.25, 0.3) is 0 Å². The Labute approximate surface area is 246 Å². The first-order valence-electron chi connectivity index (χ1n) is 13.6. The molecule has 2 bridgehead atoms. The predicted octanol–water partition coefficient (Wildman–Crippen LogP) is 5.50. The molecule has 3 aliphatic heterocycles. The number of fused-ring (bicyclic) bond motifs is 2. The van der Waals surface area contributed by atoms with Gasteiger partial charge in [0.2, 0.25) is 0 Å². The lowest BCUT2D eigenvalue weighted by Crippen LogP contribution is -2.55. The van der Waals surface area contributed by atoms with Crippen molar-refractivity contribution in [1.29, 1.82) is 0 Å². The summed E-state index contributed by atoms with van der Waals surface area (Å²) in [6.07, 6.45) is 6.36. The minimum Gasteiger partial charge on any atom is -0.476 e. The van der Waals surface area contributed by atoms with Gasteiger partial charge in [-0.15, -0.1) is 0 Å². The fourth-order valence-corrected chi connectivity index (χ4v) is 7.88. The molecule has 5 rings (SSSR count). The first-order chi connectivity index (χ1) is 18.9. The number of benzene rings is 1. The lowest BCUT2D eigenvalue weighted by atomic mass is 9.96. The van der Waals surface area contributed by atoms with Crippen molar-refractivity contribution in [2.24, 2.45) is 0 Å². The third-order valence-corrected chi connectivity index (χ3v) is 10.4. The van der Waals surface area contributed by atoms with Gasteiger partial charge < -0.3 is 20.3 Å². The second-order valence-corrected chi connectivity index (χ2v) is 14.7. The van der Waals surface area contributed by atoms with E-state index in [4.69, 9.17) is 27.9 Å². The van der Waals surface area contributed by atoms with Gasteiger partial charge in [0.15, 0.2) is 5.60 Å². The van der Waals surface area contributed by atoms with E-state index in [0.29, 0.717) is 45.7 Å². The average Bonchev–Trinajstić information content (AvgIpc) is 3.17. The van der Waals surface area contributed by atoms with E-state index < -0.39 is 16.2 Å². The summed E-state index contributed by atoms with van der Waals surface area (Å²) in [6, 6.07) is 9.05. The number of amides is 2. The van der Waals surface area contributed by atoms with Crippen LogP contribution >= 0.6 is 33.8 Å². The molecule has 0 radical (unpaired) electrons. The van der Waals surface area contributed by atoms with Gasteiger partial charge in [0.1, 0.15) is 11.6 Å². The van der Waals surface area contributed by atoms with Crippen LogP contribution in [0.3, 0.4) is 0 Å². The van der Waals surface area contributed by atoms with Crippen LogP contribution < -0.4 is 20.3 Å². The molecule has 1 aromatic carbocycles. The van der Waals surface area contributed by atoms with Crippen LogP contribution in [0.4, 0.5) is 5.82 Å². The van der Waals surface area contributed by atoms with Crippen LogP contribution in [0.1, 0.15) is 62.7 Å². The number of carbonyl (C=O) groups excluding carboxylic acids is 2. The average molecular weight is 612 g/mol. The smallest absolute Gasteiger partial charge is 0.263 e. The molecule has 0 spiro atoms. The van der Waals surface area contributed by atoms with Crippen LogP contribution in [0, 0.1) is 0 Å². The maximum absolute atomic E-state index is 13.2. The summed E-state index contributed by atoms with van der Waals surface area (Å²) in [5.41, 5.74) is -0.637. The Morgan fingerprint density at radius 2 is 1.68 bits per heavy atom. The van der Waals surface area contributed by atoms with Gasteiger partial charge in [0.05, 0.1) is 10.6 Å². The van der Waals surface area contributed by atoms with Crippen LogP contribution in [-0.4, -0.2) is 67.2 Å². The first-order valence-corrected chi connectivity index (χ1v) is 16.3. The monoisotopic (exact) mass is 610 g/mol. The fourth-order valence-electron chi connectivity index (χ4n) is 5.90. The third kappa shape index (κ3) is 6.62. The lowest BCUT2D eigenvalue weighted by molar-refractivity contribution is -0.135. The van der Waals surface area contributed by atoms with Crippen molar-refractivity contribution in [3.63, 3.8) is 0 Å². The number of ether oxygens (including phenoxy) is 1. The summed E-state index contributed by atoms with van der Waals surface area (Å²) >= 11 is 12.2. The highest BCUT2D eigenvalue weighted by molar-refractivity contribution is 8.24. The number of rotatable bonds is 7. The molecule has 218 valence electrons. The summed E-state index contributed by atoms with van der Waals surface area (Å²) in [5, 5.41) is 7.03. The van der Waals surface area contributed by atoms with E-state index in [1.165, 1.54) is 0 Å². The molecule has 9 nitrogen and oxygen atoms in total. The van der Waals surface area contributed by atoms with Gasteiger partial charge in [-0.3, -0.25) is 18.7 Å². The number of anilines is 1. The molecule has 0 aliphatic carbocycles. The molecule has 12 heteroatoms. The zero-order chi connectivity index (χ0) is 28.7. The van der Waals surface area contributed by atoms with Crippen molar-refractivity contribution in [2.75, 3.05) is 16.4 Å². The Kier molecular flexibility index (Phi) is 8.46. The lowest BCUT2D eigenvalue weighted by Gasteiger charge is -2.41. The number of nitrogens with zero attached hydrogens (tertiary/aromatic N) is 2. The van der Waals surface area contributed by atoms with Gasteiger partial charge in [-0.25, -0.2) is 4.98 Å². The van der Waals surface area contributed by atoms with E-state index in [1.807, 2.05) is 6.07 Å². The van der Waals surface area contributed by atoms with Gasteiger partial charge in [0.25, 0.3) is 11.8 Å². The molecule has 3 atom stereocenters. The summed E-state index contributed by atoms with van der Waals surface area (Å²) in [6.45, 7) is 3.45. The zero-order valence-corrected chi connectivity index (χ0v) is 24.9. The number of piperidine rings is 1. The van der Waals surface area contributed by atoms with Crippen molar-refractivity contribution in [1.82, 2.24) is 15.6 Å². The molecule has 3 saturated heterocycles. The molecule has 0 unspecified atom stereocenters. The highest BCUT2D eigenvalue weighted by Gasteiger charge is 2.43. The standard InChI is InChI=1S/C28H36Cl2N4O5S/c1-28(2,39-24-7-4-18(29)13-23(24)30)27(36)33-20-14-21-5-6-22(15-20)34(21)25-8-3-17(16-31-25)26(35)32-19-9-11-40(37,38)12-10-19/h3-4,7-8,13,16,19-22,37-38H,5-6,9-12,14-15H2,1-2H3,(H,32,35)(H,33,36)/t20-,21+,22-. The number of carbonyl (C=O) groups is 2. The van der Waals surface area contributed by atoms with E-state index in [2.05, 4.69) is 20.5 Å². The molecule has 2 aromatic rings. The molecular weight excluding hydrogens is 575 g/mol. The summed E-state index contributed by atoms with van der Waals surface area (Å²) < 4.78 is 25.5. The summed E-state index contributed by atoms with van der Waals surface area (Å²) in [7, 11) is -2.48. The third-order valence-electron chi connectivity index (χ3n) is 8.07. The number of nitrogens with one attached hydrogen (secondary N) is 2. The molecule has 40 heavy (non-hydrogen) atoms. The molecule has 4 heterocycles. The highest BCUT2D eigenvalue weighted by atomic mass is 35.5. The van der Waals surface area contributed by atoms with Gasteiger partial charge in [-0.1, -0.05) is 23.2 Å². The molecule has 3 aliphatic rings. The van der Waals surface area contributed by atoms with E-state index in [1.54, 1.807) is 44.3 Å². The number of hydrogen-bond donors (Lipinski definition) is 4. The second-order valence-electron chi connectivity index (χ2n) is 11.5. The van der Waals surface area contributed by atoms with Gasteiger partial charge >= 0.3 is 0 Å². The minimum atomic E-state index is -2.48. The Bertz CT molecular complexity index is 1240. The topological polar surface area (TPSA) is 124 Å². The molecule has 3 fully saturated rings. The largest absolute Gasteiger partial charge is 0.476 e. The quantitative estimate of drug-likeness (QED) is 0.326. The van der Waals surface area contributed by atoms with Crippen LogP contribution in [-0.2, 0) is 4.79 Å². The number of halogens is 2. The fraction of sp³-hybridized carbons (Fsp3) is 0.536. The maximum atomic E-state index is 13.2. The molecule has 1 aromatic heterocycles. The van der Waals surface area contributed by atoms with E-state index >= 15 is 0 Å². The Hall–Kier alpha value is -2.24. The summed E-state index contributed by atoms with van der Waals surface area (Å²) in [5.74, 6) is 1.50. The highest BCUT2D eigenvalue weighted by Crippen LogP contribution is 2.44. The zero-order valence-electron chi connectivity index (χ0n) is 22.6. The molecule has 0 saturated carbocycles. The molecule has 2 amide bonds. The normalized spacial score (nSPS) is 25.2. The van der Waals surface area contributed by atoms with Crippen molar-refractivity contribution >= 4 is 51.4 Å². The molecule has 4 N–H and O–H groups in total. The van der Waals surface area contributed by atoms with Gasteiger partial charge in [0, 0.05) is 46.9 Å². The maximum Gasteiger partial charge on any atom is 0.263 e. The van der Waals surface area contributed by atoms with Gasteiger partial charge in [-0.2, -0.15) is 10.6 Å². The Morgan fingerprint density at radius 1 is 1.00 bits per heavy atom. The second kappa shape index (κ2) is 11.6. The van der Waals surface area contributed by atoms with Crippen molar-refractivity contribution < 1.29 is 23.4 Å². The Morgan fingerprint density at radius 3 is 2.27 bits per heavy atom. The predicted molar refractivity (Wildman–Crippen MR) is 159 cm³/mol. The van der Waals surface area contributed by atoms with Crippen LogP contribution in [0.2, 0.25) is 10.0 Å². The van der Waals surface area contributed by atoms with Crippen molar-refractivity contribution in [3.8, 4) is 5.75 Å². The number of hydrogen-bond acceptors (Lipinski definition) is 7. The number of aromatic nitrogens is 1. The van der Waals surface area contributed by atoms with Gasteiger partial charge in [-0.05, 0) is 82.7 Å². The van der Waals surface area contributed by atoms with Crippen molar-refractivity contribution in [3.05, 3.63) is 52.1 Å². The minimum absolute atomic E-state index is 0.0174. The summed E-state index contributed by atoms with van der Waals surface area (Å²) in [4.78, 5) is 32.9. The number of pyridine rings is 1. The van der Waals surface area contributed by atoms with Crippen LogP contribution in [0.5, 0.6) is 5.75 Å². The molecular formula is C28H36Cl2N4O5S. The van der Waals surface area contributed by atoms with Crippen molar-refractivity contribution in [2.45, 2.75) is 82.1 Å². The Balaban J connectivity index is 1.16. The van der Waals surface area contributed by atoms with Crippen LogP contribution in [0.15, 0.2) is 36.5 Å². The van der Waals surface area contributed by atoms with E-state index in [0.717, 1.165) is 31.5 Å². The SMILES string of the molecule is CC(C)(Oc1ccc(Cl)cc1Cl)C(=O)N[C@H]1C[C@H]2CC[C@@H](C1)N2c1ccc(C(=O)NC2CCS(O)(O)CC2)cn1. The van der Waals surface area contributed by atoms with E-state index in [-0.39, 0.29) is 36.0 Å².